The van der Waals surface area contributed by atoms with Gasteiger partial charge in [0, 0.05) is 54.3 Å². The first-order valence-electron chi connectivity index (χ1n) is 26.6. The Labute approximate surface area is 453 Å². The number of thiophene rings is 1. The fourth-order valence-corrected chi connectivity index (χ4v) is 14.4. The second-order valence-corrected chi connectivity index (χ2v) is 21.4. The van der Waals surface area contributed by atoms with E-state index in [0.717, 1.165) is 34.1 Å². The van der Waals surface area contributed by atoms with Crippen molar-refractivity contribution in [3.05, 3.63) is 348 Å². The molecule has 2 nitrogen and oxygen atoms in total. The Morgan fingerprint density at radius 2 is 0.597 bits per heavy atom. The summed E-state index contributed by atoms with van der Waals surface area (Å²) in [6.07, 6.45) is 0. The normalized spacial score (nSPS) is 13.4. The van der Waals surface area contributed by atoms with Crippen LogP contribution in [0.5, 0.6) is 0 Å². The van der Waals surface area contributed by atoms with Crippen LogP contribution >= 0.6 is 11.3 Å². The van der Waals surface area contributed by atoms with Crippen LogP contribution in [0.15, 0.2) is 303 Å². The van der Waals surface area contributed by atoms with Gasteiger partial charge in [-0.05, 0) is 146 Å². The highest BCUT2D eigenvalue weighted by Crippen LogP contribution is 2.65. The number of benzene rings is 12. The Bertz CT molecular complexity index is 4230. The lowest BCUT2D eigenvalue weighted by Crippen LogP contribution is -2.44. The Hall–Kier alpha value is -9.54. The van der Waals surface area contributed by atoms with E-state index in [9.17, 15) is 0 Å². The number of para-hydroxylation sites is 2. The summed E-state index contributed by atoms with van der Waals surface area (Å²) in [5.74, 6) is 0. The van der Waals surface area contributed by atoms with E-state index in [1.54, 1.807) is 0 Å². The third kappa shape index (κ3) is 6.87. The van der Waals surface area contributed by atoms with Crippen molar-refractivity contribution in [2.24, 2.45) is 0 Å². The fraction of sp³-hybridized carbons (Fsp3) is 0.0270. The van der Waals surface area contributed by atoms with Crippen molar-refractivity contribution >= 4 is 65.6 Å². The van der Waals surface area contributed by atoms with Gasteiger partial charge in [-0.1, -0.05) is 224 Å². The monoisotopic (exact) mass is 998 g/mol. The Morgan fingerprint density at radius 3 is 1.13 bits per heavy atom. The quantitative estimate of drug-likeness (QED) is 0.142. The van der Waals surface area contributed by atoms with Gasteiger partial charge in [0.2, 0.25) is 0 Å². The van der Waals surface area contributed by atoms with Gasteiger partial charge in [-0.2, -0.15) is 0 Å². The number of anilines is 6. The molecule has 0 unspecified atom stereocenters. The highest BCUT2D eigenvalue weighted by molar-refractivity contribution is 7.25. The highest BCUT2D eigenvalue weighted by Gasteiger charge is 2.57. The summed E-state index contributed by atoms with van der Waals surface area (Å²) in [5.41, 5.74) is 20.2. The van der Waals surface area contributed by atoms with Crippen LogP contribution < -0.4 is 9.80 Å². The average Bonchev–Trinajstić information content (AvgIpc) is 4.26. The van der Waals surface area contributed by atoms with E-state index in [1.807, 2.05) is 11.3 Å². The van der Waals surface area contributed by atoms with Gasteiger partial charge in [-0.15, -0.1) is 11.3 Å². The van der Waals surface area contributed by atoms with Crippen molar-refractivity contribution in [2.75, 3.05) is 9.80 Å². The Balaban J connectivity index is 1.02. The molecule has 0 radical (unpaired) electrons. The second kappa shape index (κ2) is 18.1. The van der Waals surface area contributed by atoms with Crippen molar-refractivity contribution in [1.82, 2.24) is 0 Å². The van der Waals surface area contributed by atoms with Crippen LogP contribution in [-0.4, -0.2) is 0 Å². The molecule has 2 aliphatic carbocycles. The number of hydrogen-bond donors (Lipinski definition) is 0. The summed E-state index contributed by atoms with van der Waals surface area (Å²) in [5, 5.41) is 2.59. The van der Waals surface area contributed by atoms with Crippen LogP contribution in [0, 0.1) is 0 Å². The van der Waals surface area contributed by atoms with Crippen molar-refractivity contribution in [1.29, 1.82) is 0 Å². The molecular weight excluding hydrogens is 949 g/mol. The van der Waals surface area contributed by atoms with Crippen molar-refractivity contribution < 1.29 is 0 Å². The number of nitrogens with zero attached hydrogens (tertiary/aromatic N) is 2. The van der Waals surface area contributed by atoms with Crippen LogP contribution in [0.2, 0.25) is 0 Å². The lowest BCUT2D eigenvalue weighted by molar-refractivity contribution is 0.623. The zero-order chi connectivity index (χ0) is 50.9. The first-order chi connectivity index (χ1) is 38.2. The Morgan fingerprint density at radius 1 is 0.234 bits per heavy atom. The molecule has 12 aromatic carbocycles. The third-order valence-electron chi connectivity index (χ3n) is 16.4. The molecule has 0 bridgehead atoms. The molecule has 2 aliphatic rings. The van der Waals surface area contributed by atoms with Crippen molar-refractivity contribution in [3.63, 3.8) is 0 Å². The minimum absolute atomic E-state index is 0.634. The van der Waals surface area contributed by atoms with Gasteiger partial charge in [-0.25, -0.2) is 0 Å². The zero-order valence-electron chi connectivity index (χ0n) is 42.2. The molecule has 0 N–H and O–H groups in total. The SMILES string of the molecule is c1ccc(-c2ccc(N(c3ccccc3)c3ccc4c(c3)C3(c5cc(N(c6ccccc6)c6ccc7c(c6)sc6ccccc67)ccc5-4)c4ccccc4C(c4ccccc4)(c4ccccc4)c4ccccc43)cc2)cc1. The van der Waals surface area contributed by atoms with Gasteiger partial charge >= 0.3 is 0 Å². The van der Waals surface area contributed by atoms with E-state index < -0.39 is 10.8 Å². The molecule has 0 aliphatic heterocycles. The predicted molar refractivity (Wildman–Crippen MR) is 323 cm³/mol. The molecule has 0 atom stereocenters. The van der Waals surface area contributed by atoms with Crippen LogP contribution in [0.3, 0.4) is 0 Å². The molecule has 1 heterocycles. The molecule has 0 fully saturated rings. The summed E-state index contributed by atoms with van der Waals surface area (Å²) in [6, 6.07) is 113. The van der Waals surface area contributed by atoms with Gasteiger partial charge in [0.05, 0.1) is 10.8 Å². The Kier molecular flexibility index (Phi) is 10.6. The molecule has 13 aromatic rings. The molecule has 0 saturated heterocycles. The smallest absolute Gasteiger partial charge is 0.0721 e. The van der Waals surface area contributed by atoms with Crippen LogP contribution in [0.4, 0.5) is 34.1 Å². The fourth-order valence-electron chi connectivity index (χ4n) is 13.2. The van der Waals surface area contributed by atoms with Gasteiger partial charge in [-0.3, -0.25) is 0 Å². The maximum atomic E-state index is 2.53. The summed E-state index contributed by atoms with van der Waals surface area (Å²) < 4.78 is 2.57. The van der Waals surface area contributed by atoms with Gasteiger partial charge in [0.25, 0.3) is 0 Å². The van der Waals surface area contributed by atoms with Crippen LogP contribution in [0.25, 0.3) is 42.4 Å². The van der Waals surface area contributed by atoms with Crippen molar-refractivity contribution in [2.45, 2.75) is 10.8 Å². The summed E-state index contributed by atoms with van der Waals surface area (Å²) in [6.45, 7) is 0. The van der Waals surface area contributed by atoms with Crippen LogP contribution in [0.1, 0.15) is 44.5 Å². The summed E-state index contributed by atoms with van der Waals surface area (Å²) in [4.78, 5) is 4.89. The summed E-state index contributed by atoms with van der Waals surface area (Å²) in [7, 11) is 0. The third-order valence-corrected chi connectivity index (χ3v) is 17.5. The standard InChI is InChI=1S/C74H50N2S/c1-6-22-51(23-7-1)52-38-40-57(41-39-52)75(55-28-12-4-13-29-55)58-42-45-61-62-46-43-59(76(56-30-14-5-15-31-56)60-44-47-64-63-32-16-21-37-71(63)77-72(64)50-60)49-70(62)74(69(61)48-58)67-35-19-17-33-65(67)73(53-24-8-2-9-25-53,54-26-10-3-11-27-54)66-34-18-20-36-68(66)74/h1-50H. The molecular formula is C74H50N2S. The largest absolute Gasteiger partial charge is 0.310 e. The topological polar surface area (TPSA) is 6.48 Å². The number of rotatable bonds is 9. The number of fused-ring (bicyclic) bond motifs is 12. The molecule has 1 aromatic heterocycles. The minimum atomic E-state index is -0.756. The zero-order valence-corrected chi connectivity index (χ0v) is 43.0. The van der Waals surface area contributed by atoms with Gasteiger partial charge < -0.3 is 9.80 Å². The lowest BCUT2D eigenvalue weighted by atomic mass is 9.51. The van der Waals surface area contributed by atoms with E-state index in [0.29, 0.717) is 0 Å². The maximum Gasteiger partial charge on any atom is 0.0721 e. The predicted octanol–water partition coefficient (Wildman–Crippen LogP) is 19.7. The van der Waals surface area contributed by atoms with E-state index in [-0.39, 0.29) is 0 Å². The van der Waals surface area contributed by atoms with E-state index in [4.69, 9.17) is 0 Å². The average molecular weight is 999 g/mol. The maximum absolute atomic E-state index is 2.53. The molecule has 15 rings (SSSR count). The number of hydrogen-bond acceptors (Lipinski definition) is 3. The van der Waals surface area contributed by atoms with E-state index in [1.165, 1.54) is 86.9 Å². The lowest BCUT2D eigenvalue weighted by Gasteiger charge is -2.50. The molecule has 0 saturated carbocycles. The van der Waals surface area contributed by atoms with E-state index in [2.05, 4.69) is 313 Å². The molecule has 362 valence electrons. The minimum Gasteiger partial charge on any atom is -0.310 e. The molecule has 3 heteroatoms. The highest BCUT2D eigenvalue weighted by atomic mass is 32.1. The first kappa shape index (κ1) is 44.9. The van der Waals surface area contributed by atoms with Gasteiger partial charge in [0.15, 0.2) is 0 Å². The molecule has 77 heavy (non-hydrogen) atoms. The molecule has 0 amide bonds. The van der Waals surface area contributed by atoms with Crippen LogP contribution in [-0.2, 0) is 10.8 Å². The second-order valence-electron chi connectivity index (χ2n) is 20.3. The van der Waals surface area contributed by atoms with Gasteiger partial charge in [0.1, 0.15) is 0 Å². The van der Waals surface area contributed by atoms with E-state index >= 15 is 0 Å². The summed E-state index contributed by atoms with van der Waals surface area (Å²) >= 11 is 1.86. The first-order valence-corrected chi connectivity index (χ1v) is 27.4. The van der Waals surface area contributed by atoms with Crippen molar-refractivity contribution in [3.8, 4) is 22.3 Å². The molecule has 1 spiro atoms.